The van der Waals surface area contributed by atoms with Gasteiger partial charge in [0.2, 0.25) is 5.91 Å². The highest BCUT2D eigenvalue weighted by molar-refractivity contribution is 5.81. The summed E-state index contributed by atoms with van der Waals surface area (Å²) in [5.41, 5.74) is 0.261. The van der Waals surface area contributed by atoms with Crippen LogP contribution in [-0.4, -0.2) is 24.7 Å². The van der Waals surface area contributed by atoms with Gasteiger partial charge in [0, 0.05) is 25.0 Å². The highest BCUT2D eigenvalue weighted by Gasteiger charge is 2.61. The van der Waals surface area contributed by atoms with Gasteiger partial charge in [0.1, 0.15) is 0 Å². The van der Waals surface area contributed by atoms with Crippen molar-refractivity contribution in [2.75, 3.05) is 13.2 Å². The van der Waals surface area contributed by atoms with Crippen molar-refractivity contribution in [2.24, 2.45) is 11.3 Å². The van der Waals surface area contributed by atoms with Gasteiger partial charge in [-0.15, -0.1) is 0 Å². The molecular formula is C12H19NO2. The maximum absolute atomic E-state index is 11.7. The van der Waals surface area contributed by atoms with Crippen LogP contribution in [0.5, 0.6) is 0 Å². The minimum absolute atomic E-state index is 0.0590. The van der Waals surface area contributed by atoms with Crippen LogP contribution in [0.25, 0.3) is 0 Å². The van der Waals surface area contributed by atoms with E-state index in [0.29, 0.717) is 0 Å². The SMILES string of the molecule is CC1(C2CC2)CC(=O)NC12CCOCC2. The number of hydrogen-bond acceptors (Lipinski definition) is 2. The third-order valence-electron chi connectivity index (χ3n) is 4.82. The smallest absolute Gasteiger partial charge is 0.221 e. The van der Waals surface area contributed by atoms with Crippen LogP contribution in [0.3, 0.4) is 0 Å². The highest BCUT2D eigenvalue weighted by Crippen LogP contribution is 2.58. The van der Waals surface area contributed by atoms with Crippen LogP contribution in [0.15, 0.2) is 0 Å². The summed E-state index contributed by atoms with van der Waals surface area (Å²) in [7, 11) is 0. The lowest BCUT2D eigenvalue weighted by molar-refractivity contribution is -0.120. The summed E-state index contributed by atoms with van der Waals surface area (Å²) in [5, 5.41) is 3.26. The van der Waals surface area contributed by atoms with Gasteiger partial charge in [0.05, 0.1) is 5.54 Å². The third kappa shape index (κ3) is 1.25. The number of nitrogens with one attached hydrogen (secondary N) is 1. The summed E-state index contributed by atoms with van der Waals surface area (Å²) in [6.07, 6.45) is 5.37. The van der Waals surface area contributed by atoms with Crippen LogP contribution < -0.4 is 5.32 Å². The molecule has 0 aromatic heterocycles. The van der Waals surface area contributed by atoms with Crippen LogP contribution in [0.2, 0.25) is 0 Å². The predicted molar refractivity (Wildman–Crippen MR) is 56.4 cm³/mol. The van der Waals surface area contributed by atoms with Crippen molar-refractivity contribution < 1.29 is 9.53 Å². The quantitative estimate of drug-likeness (QED) is 0.710. The zero-order valence-electron chi connectivity index (χ0n) is 9.34. The molecule has 0 bridgehead atoms. The molecule has 3 heteroatoms. The van der Waals surface area contributed by atoms with E-state index in [-0.39, 0.29) is 16.9 Å². The lowest BCUT2D eigenvalue weighted by Gasteiger charge is -2.45. The van der Waals surface area contributed by atoms with Crippen LogP contribution in [0.1, 0.15) is 39.0 Å². The summed E-state index contributed by atoms with van der Waals surface area (Å²) < 4.78 is 5.43. The Morgan fingerprint density at radius 1 is 1.33 bits per heavy atom. The van der Waals surface area contributed by atoms with Crippen LogP contribution in [-0.2, 0) is 9.53 Å². The second kappa shape index (κ2) is 2.97. The molecule has 1 atom stereocenters. The van der Waals surface area contributed by atoms with Gasteiger partial charge in [-0.25, -0.2) is 0 Å². The Balaban J connectivity index is 1.93. The lowest BCUT2D eigenvalue weighted by atomic mass is 9.65. The van der Waals surface area contributed by atoms with E-state index in [1.165, 1.54) is 12.8 Å². The highest BCUT2D eigenvalue weighted by atomic mass is 16.5. The van der Waals surface area contributed by atoms with Gasteiger partial charge in [-0.3, -0.25) is 4.79 Å². The fourth-order valence-corrected chi connectivity index (χ4v) is 3.63. The second-order valence-electron chi connectivity index (χ2n) is 5.61. The molecular weight excluding hydrogens is 190 g/mol. The van der Waals surface area contributed by atoms with Crippen molar-refractivity contribution in [1.29, 1.82) is 0 Å². The molecule has 3 nitrogen and oxygen atoms in total. The van der Waals surface area contributed by atoms with Gasteiger partial charge >= 0.3 is 0 Å². The van der Waals surface area contributed by atoms with Gasteiger partial charge in [0.15, 0.2) is 0 Å². The van der Waals surface area contributed by atoms with Gasteiger partial charge in [-0.1, -0.05) is 6.92 Å². The first kappa shape index (κ1) is 9.64. The standard InChI is InChI=1S/C12H19NO2/c1-11(9-2-3-9)8-10(14)13-12(11)4-6-15-7-5-12/h9H,2-8H2,1H3,(H,13,14). The molecule has 1 aliphatic carbocycles. The largest absolute Gasteiger partial charge is 0.381 e. The summed E-state index contributed by atoms with van der Waals surface area (Å²) in [5.74, 6) is 1.03. The molecule has 0 aromatic rings. The van der Waals surface area contributed by atoms with E-state index in [4.69, 9.17) is 4.74 Å². The summed E-state index contributed by atoms with van der Waals surface area (Å²) in [6.45, 7) is 3.93. The summed E-state index contributed by atoms with van der Waals surface area (Å²) >= 11 is 0. The molecule has 3 fully saturated rings. The van der Waals surface area contributed by atoms with Crippen molar-refractivity contribution in [2.45, 2.75) is 44.6 Å². The van der Waals surface area contributed by atoms with Crippen molar-refractivity contribution >= 4 is 5.91 Å². The number of amides is 1. The molecule has 3 aliphatic rings. The zero-order valence-corrected chi connectivity index (χ0v) is 9.34. The maximum atomic E-state index is 11.7. The van der Waals surface area contributed by atoms with E-state index in [1.54, 1.807) is 0 Å². The first-order valence-electron chi connectivity index (χ1n) is 6.05. The first-order valence-corrected chi connectivity index (χ1v) is 6.05. The maximum Gasteiger partial charge on any atom is 0.221 e. The Bertz CT molecular complexity index is 292. The molecule has 2 heterocycles. The minimum Gasteiger partial charge on any atom is -0.381 e. The van der Waals surface area contributed by atoms with Crippen molar-refractivity contribution in [3.63, 3.8) is 0 Å². The Labute approximate surface area is 90.6 Å². The van der Waals surface area contributed by atoms with Gasteiger partial charge < -0.3 is 10.1 Å². The van der Waals surface area contributed by atoms with Gasteiger partial charge in [-0.2, -0.15) is 0 Å². The van der Waals surface area contributed by atoms with E-state index in [9.17, 15) is 4.79 Å². The number of carbonyl (C=O) groups excluding carboxylic acids is 1. The molecule has 1 N–H and O–H groups in total. The van der Waals surface area contributed by atoms with E-state index in [2.05, 4.69) is 12.2 Å². The molecule has 15 heavy (non-hydrogen) atoms. The fourth-order valence-electron chi connectivity index (χ4n) is 3.63. The van der Waals surface area contributed by atoms with E-state index in [0.717, 1.165) is 38.4 Å². The normalized spacial score (nSPS) is 39.4. The number of rotatable bonds is 1. The molecule has 1 spiro atoms. The molecule has 0 radical (unpaired) electrons. The molecule has 1 unspecified atom stereocenters. The molecule has 2 saturated heterocycles. The number of carbonyl (C=O) groups is 1. The molecule has 2 aliphatic heterocycles. The molecule has 1 amide bonds. The monoisotopic (exact) mass is 209 g/mol. The topological polar surface area (TPSA) is 38.3 Å². The minimum atomic E-state index is 0.0590. The molecule has 84 valence electrons. The average Bonchev–Trinajstić information content (AvgIpc) is 2.98. The molecule has 1 saturated carbocycles. The van der Waals surface area contributed by atoms with E-state index in [1.807, 2.05) is 0 Å². The zero-order chi connectivity index (χ0) is 10.5. The third-order valence-corrected chi connectivity index (χ3v) is 4.82. The Kier molecular flexibility index (Phi) is 1.91. The Morgan fingerprint density at radius 2 is 2.00 bits per heavy atom. The lowest BCUT2D eigenvalue weighted by Crippen LogP contribution is -2.55. The van der Waals surface area contributed by atoms with Gasteiger partial charge in [0.25, 0.3) is 0 Å². The number of hydrogen-bond donors (Lipinski definition) is 1. The molecule has 0 aromatic carbocycles. The summed E-state index contributed by atoms with van der Waals surface area (Å²) in [6, 6.07) is 0. The van der Waals surface area contributed by atoms with Crippen molar-refractivity contribution in [3.05, 3.63) is 0 Å². The molecule has 3 rings (SSSR count). The van der Waals surface area contributed by atoms with Crippen molar-refractivity contribution in [1.82, 2.24) is 5.32 Å². The summed E-state index contributed by atoms with van der Waals surface area (Å²) in [4.78, 5) is 11.7. The van der Waals surface area contributed by atoms with Gasteiger partial charge in [-0.05, 0) is 31.6 Å². The van der Waals surface area contributed by atoms with E-state index >= 15 is 0 Å². The van der Waals surface area contributed by atoms with Crippen molar-refractivity contribution in [3.8, 4) is 0 Å². The van der Waals surface area contributed by atoms with Crippen LogP contribution >= 0.6 is 0 Å². The predicted octanol–water partition coefficient (Wildman–Crippen LogP) is 1.47. The fraction of sp³-hybridized carbons (Fsp3) is 0.917. The van der Waals surface area contributed by atoms with E-state index < -0.39 is 0 Å². The van der Waals surface area contributed by atoms with Crippen LogP contribution in [0, 0.1) is 11.3 Å². The Morgan fingerprint density at radius 3 is 2.60 bits per heavy atom. The second-order valence-corrected chi connectivity index (χ2v) is 5.61. The number of ether oxygens (including phenoxy) is 1. The van der Waals surface area contributed by atoms with Crippen LogP contribution in [0.4, 0.5) is 0 Å². The average molecular weight is 209 g/mol. The first-order chi connectivity index (χ1) is 7.16. The Hall–Kier alpha value is -0.570.